The number of fused-ring (bicyclic) bond motifs is 1. The lowest BCUT2D eigenvalue weighted by molar-refractivity contribution is -0.124. The van der Waals surface area contributed by atoms with Gasteiger partial charge in [0, 0.05) is 16.9 Å². The van der Waals surface area contributed by atoms with E-state index in [1.54, 1.807) is 7.11 Å². The van der Waals surface area contributed by atoms with E-state index in [0.717, 1.165) is 33.5 Å². The molecule has 5 rings (SSSR count). The molecule has 1 amide bonds. The average molecular weight is 493 g/mol. The maximum atomic E-state index is 13.7. The van der Waals surface area contributed by atoms with Crippen LogP contribution in [0.25, 0.3) is 22.0 Å². The number of rotatable bonds is 7. The number of thiazole rings is 1. The molecule has 1 unspecified atom stereocenters. The predicted molar refractivity (Wildman–Crippen MR) is 149 cm³/mol. The first-order chi connectivity index (χ1) is 17.5. The number of benzene rings is 4. The lowest BCUT2D eigenvalue weighted by Crippen LogP contribution is -2.37. The normalized spacial score (nSPS) is 12.3. The van der Waals surface area contributed by atoms with E-state index in [2.05, 4.69) is 41.7 Å². The minimum Gasteiger partial charge on any atom is -0.497 e. The van der Waals surface area contributed by atoms with Crippen LogP contribution in [0.15, 0.2) is 102 Å². The quantitative estimate of drug-likeness (QED) is 0.252. The summed E-state index contributed by atoms with van der Waals surface area (Å²) in [6.45, 7) is 3.98. The van der Waals surface area contributed by atoms with Crippen molar-refractivity contribution in [3.05, 3.63) is 114 Å². The van der Waals surface area contributed by atoms with Crippen LogP contribution in [0.4, 0.5) is 5.13 Å². The van der Waals surface area contributed by atoms with Crippen LogP contribution in [0.2, 0.25) is 0 Å². The molecule has 0 saturated carbocycles. The fourth-order valence-electron chi connectivity index (χ4n) is 4.76. The number of carbonyl (C=O) groups excluding carboxylic acids is 1. The highest BCUT2D eigenvalue weighted by Gasteiger charge is 2.39. The third-order valence-electron chi connectivity index (χ3n) is 6.68. The molecular weight excluding hydrogens is 464 g/mol. The monoisotopic (exact) mass is 492 g/mol. The molecule has 0 aliphatic heterocycles. The Morgan fingerprint density at radius 1 is 0.861 bits per heavy atom. The summed E-state index contributed by atoms with van der Waals surface area (Å²) in [5.74, 6) is 0.560. The molecule has 4 aromatic carbocycles. The van der Waals surface area contributed by atoms with Crippen LogP contribution >= 0.6 is 11.3 Å². The van der Waals surface area contributed by atoms with Crippen molar-refractivity contribution in [2.75, 3.05) is 12.4 Å². The van der Waals surface area contributed by atoms with Crippen molar-refractivity contribution in [3.63, 3.8) is 0 Å². The van der Waals surface area contributed by atoms with Crippen molar-refractivity contribution >= 4 is 33.1 Å². The number of ether oxygens (including phenoxy) is 1. The number of methoxy groups -OCH3 is 1. The predicted octanol–water partition coefficient (Wildman–Crippen LogP) is 7.77. The van der Waals surface area contributed by atoms with Crippen molar-refractivity contribution in [1.82, 2.24) is 4.98 Å². The molecule has 0 spiro atoms. The lowest BCUT2D eigenvalue weighted by atomic mass is 9.70. The highest BCUT2D eigenvalue weighted by molar-refractivity contribution is 7.14. The topological polar surface area (TPSA) is 51.2 Å². The molecule has 0 bridgehead atoms. The van der Waals surface area contributed by atoms with Crippen molar-refractivity contribution in [2.24, 2.45) is 5.41 Å². The standard InChI is InChI=1S/C31H28N2O2S/c1-31(2,28(22-11-5-4-6-12-22)23-16-18-24(35-3)19-17-23)29(34)33-30-32-27(20-36-30)26-15-9-13-21-10-7-8-14-25(21)26/h4-20,28H,1-3H3,(H,32,33,34). The van der Waals surface area contributed by atoms with Gasteiger partial charge in [0.25, 0.3) is 0 Å². The SMILES string of the molecule is COc1ccc(C(c2ccccc2)C(C)(C)C(=O)Nc2nc(-c3cccc4ccccc34)cs2)cc1. The molecular formula is C31H28N2O2S. The van der Waals surface area contributed by atoms with E-state index >= 15 is 0 Å². The van der Waals surface area contributed by atoms with Crippen LogP contribution in [0.5, 0.6) is 5.75 Å². The highest BCUT2D eigenvalue weighted by atomic mass is 32.1. The van der Waals surface area contributed by atoms with Crippen LogP contribution in [-0.2, 0) is 4.79 Å². The highest BCUT2D eigenvalue weighted by Crippen LogP contribution is 2.42. The Morgan fingerprint density at radius 2 is 1.53 bits per heavy atom. The number of anilines is 1. The average Bonchev–Trinajstić information content (AvgIpc) is 3.37. The maximum absolute atomic E-state index is 13.7. The van der Waals surface area contributed by atoms with Gasteiger partial charge in [-0.2, -0.15) is 0 Å². The summed E-state index contributed by atoms with van der Waals surface area (Å²) in [5.41, 5.74) is 3.31. The zero-order valence-electron chi connectivity index (χ0n) is 20.6. The zero-order chi connectivity index (χ0) is 25.1. The summed E-state index contributed by atoms with van der Waals surface area (Å²) >= 11 is 1.45. The van der Waals surface area contributed by atoms with Crippen LogP contribution in [-0.4, -0.2) is 18.0 Å². The Hall–Kier alpha value is -3.96. The molecule has 5 aromatic rings. The Labute approximate surface area is 215 Å². The first-order valence-electron chi connectivity index (χ1n) is 11.9. The molecule has 0 radical (unpaired) electrons. The molecule has 180 valence electrons. The van der Waals surface area contributed by atoms with Crippen LogP contribution in [0.1, 0.15) is 30.9 Å². The van der Waals surface area contributed by atoms with Gasteiger partial charge >= 0.3 is 0 Å². The number of hydrogen-bond acceptors (Lipinski definition) is 4. The van der Waals surface area contributed by atoms with E-state index in [-0.39, 0.29) is 11.8 Å². The first kappa shape index (κ1) is 23.8. The summed E-state index contributed by atoms with van der Waals surface area (Å²) in [6, 6.07) is 32.6. The molecule has 1 aromatic heterocycles. The van der Waals surface area contributed by atoms with Crippen molar-refractivity contribution in [2.45, 2.75) is 19.8 Å². The van der Waals surface area contributed by atoms with Gasteiger partial charge in [-0.15, -0.1) is 11.3 Å². The molecule has 1 N–H and O–H groups in total. The molecule has 0 fully saturated rings. The summed E-state index contributed by atoms with van der Waals surface area (Å²) in [4.78, 5) is 18.5. The zero-order valence-corrected chi connectivity index (χ0v) is 21.4. The molecule has 1 heterocycles. The lowest BCUT2D eigenvalue weighted by Gasteiger charge is -2.33. The van der Waals surface area contributed by atoms with Gasteiger partial charge in [0.15, 0.2) is 5.13 Å². The second-order valence-electron chi connectivity index (χ2n) is 9.36. The third-order valence-corrected chi connectivity index (χ3v) is 7.44. The number of amides is 1. The Bertz CT molecular complexity index is 1490. The van der Waals surface area contributed by atoms with Gasteiger partial charge < -0.3 is 10.1 Å². The van der Waals surface area contributed by atoms with Gasteiger partial charge in [-0.25, -0.2) is 4.98 Å². The molecule has 4 nitrogen and oxygen atoms in total. The van der Waals surface area contributed by atoms with Crippen LogP contribution in [0, 0.1) is 5.41 Å². The minimum atomic E-state index is -0.749. The minimum absolute atomic E-state index is 0.0778. The summed E-state index contributed by atoms with van der Waals surface area (Å²) in [5, 5.41) is 8.02. The van der Waals surface area contributed by atoms with Crippen LogP contribution in [0.3, 0.4) is 0 Å². The van der Waals surface area contributed by atoms with Crippen molar-refractivity contribution in [3.8, 4) is 17.0 Å². The number of nitrogens with one attached hydrogen (secondary N) is 1. The molecule has 0 aliphatic carbocycles. The number of hydrogen-bond donors (Lipinski definition) is 1. The van der Waals surface area contributed by atoms with E-state index < -0.39 is 5.41 Å². The Balaban J connectivity index is 1.45. The summed E-state index contributed by atoms with van der Waals surface area (Å²) in [7, 11) is 1.65. The largest absolute Gasteiger partial charge is 0.497 e. The third kappa shape index (κ3) is 4.62. The van der Waals surface area contributed by atoms with Crippen molar-refractivity contribution < 1.29 is 9.53 Å². The first-order valence-corrected chi connectivity index (χ1v) is 12.8. The van der Waals surface area contributed by atoms with Crippen molar-refractivity contribution in [1.29, 1.82) is 0 Å². The molecule has 0 aliphatic rings. The molecule has 36 heavy (non-hydrogen) atoms. The second-order valence-corrected chi connectivity index (χ2v) is 10.2. The molecule has 0 saturated heterocycles. The molecule has 1 atom stereocenters. The number of nitrogens with zero attached hydrogens (tertiary/aromatic N) is 1. The van der Waals surface area contributed by atoms with Crippen LogP contribution < -0.4 is 10.1 Å². The maximum Gasteiger partial charge on any atom is 0.232 e. The number of carbonyl (C=O) groups is 1. The fraction of sp³-hybridized carbons (Fsp3) is 0.161. The van der Waals surface area contributed by atoms with E-state index in [4.69, 9.17) is 9.72 Å². The van der Waals surface area contributed by atoms with E-state index in [0.29, 0.717) is 5.13 Å². The van der Waals surface area contributed by atoms with Gasteiger partial charge in [-0.3, -0.25) is 4.79 Å². The molecule has 5 heteroatoms. The van der Waals surface area contributed by atoms with Gasteiger partial charge in [0.2, 0.25) is 5.91 Å². The fourth-order valence-corrected chi connectivity index (χ4v) is 5.47. The Kier molecular flexibility index (Phi) is 6.57. The summed E-state index contributed by atoms with van der Waals surface area (Å²) in [6.07, 6.45) is 0. The summed E-state index contributed by atoms with van der Waals surface area (Å²) < 4.78 is 5.35. The van der Waals surface area contributed by atoms with Gasteiger partial charge in [-0.1, -0.05) is 98.8 Å². The van der Waals surface area contributed by atoms with E-state index in [1.807, 2.05) is 79.9 Å². The second kappa shape index (κ2) is 9.96. The Morgan fingerprint density at radius 3 is 2.28 bits per heavy atom. The van der Waals surface area contributed by atoms with E-state index in [1.165, 1.54) is 16.7 Å². The van der Waals surface area contributed by atoms with E-state index in [9.17, 15) is 4.79 Å². The van der Waals surface area contributed by atoms with Gasteiger partial charge in [-0.05, 0) is 34.0 Å². The van der Waals surface area contributed by atoms with Gasteiger partial charge in [0.1, 0.15) is 5.75 Å². The smallest absolute Gasteiger partial charge is 0.232 e. The number of aromatic nitrogens is 1. The van der Waals surface area contributed by atoms with Gasteiger partial charge in [0.05, 0.1) is 18.2 Å².